The molecule has 0 bridgehead atoms. The first-order valence-corrected chi connectivity index (χ1v) is 10.1. The predicted molar refractivity (Wildman–Crippen MR) is 104 cm³/mol. The maximum atomic E-state index is 15.1. The van der Waals surface area contributed by atoms with Crippen LogP contribution in [0.4, 0.5) is 29.2 Å². The molecule has 1 fully saturated rings. The predicted octanol–water partition coefficient (Wildman–Crippen LogP) is 5.65. The maximum Gasteiger partial charge on any atom is 0.416 e. The molecular weight excluding hydrogens is 404 g/mol. The van der Waals surface area contributed by atoms with Crippen molar-refractivity contribution in [2.75, 3.05) is 16.8 Å². The number of anilines is 2. The maximum absolute atomic E-state index is 15.1. The Morgan fingerprint density at radius 2 is 1.93 bits per heavy atom. The number of nitrogens with zero attached hydrogens (tertiary/aromatic N) is 3. The van der Waals surface area contributed by atoms with Crippen LogP contribution in [0.25, 0.3) is 0 Å². The summed E-state index contributed by atoms with van der Waals surface area (Å²) >= 11 is 1.56. The van der Waals surface area contributed by atoms with Gasteiger partial charge in [-0.25, -0.2) is 9.97 Å². The van der Waals surface area contributed by atoms with E-state index >= 15 is 4.39 Å². The van der Waals surface area contributed by atoms with Gasteiger partial charge in [-0.1, -0.05) is 12.1 Å². The second kappa shape index (κ2) is 7.98. The number of hydrogen-bond donors (Lipinski definition) is 1. The van der Waals surface area contributed by atoms with Crippen LogP contribution in [0.3, 0.4) is 0 Å². The van der Waals surface area contributed by atoms with Crippen LogP contribution < -0.4 is 10.2 Å². The van der Waals surface area contributed by atoms with Gasteiger partial charge in [-0.05, 0) is 52.9 Å². The molecule has 3 heterocycles. The number of thiophene rings is 1. The van der Waals surface area contributed by atoms with E-state index in [-0.39, 0.29) is 17.7 Å². The lowest BCUT2D eigenvalue weighted by atomic mass is 10.0. The summed E-state index contributed by atoms with van der Waals surface area (Å²) in [7, 11) is 0. The Balaban J connectivity index is 1.56. The van der Waals surface area contributed by atoms with Crippen LogP contribution in [0.5, 0.6) is 0 Å². The number of halogens is 4. The summed E-state index contributed by atoms with van der Waals surface area (Å²) in [6, 6.07) is 6.76. The molecule has 4 nitrogen and oxygen atoms in total. The summed E-state index contributed by atoms with van der Waals surface area (Å²) in [6.07, 6.45) is -1.56. The van der Waals surface area contributed by atoms with Crippen molar-refractivity contribution in [1.82, 2.24) is 9.97 Å². The van der Waals surface area contributed by atoms with E-state index in [4.69, 9.17) is 0 Å². The van der Waals surface area contributed by atoms with E-state index in [1.807, 2.05) is 16.8 Å². The summed E-state index contributed by atoms with van der Waals surface area (Å²) in [5, 5.41) is 6.90. The lowest BCUT2D eigenvalue weighted by Gasteiger charge is -2.27. The molecule has 0 saturated carbocycles. The van der Waals surface area contributed by atoms with Gasteiger partial charge in [-0.2, -0.15) is 28.9 Å². The SMILES string of the molecule is Fc1c(NCc2ccsc2)ncnc1N1CCC[C@@H]1c1ccc(C(F)(F)F)cc1. The van der Waals surface area contributed by atoms with Crippen LogP contribution in [-0.2, 0) is 12.7 Å². The van der Waals surface area contributed by atoms with Crippen molar-refractivity contribution in [3.8, 4) is 0 Å². The quantitative estimate of drug-likeness (QED) is 0.540. The largest absolute Gasteiger partial charge is 0.416 e. The zero-order valence-corrected chi connectivity index (χ0v) is 16.1. The van der Waals surface area contributed by atoms with Gasteiger partial charge >= 0.3 is 6.18 Å². The Bertz CT molecular complexity index is 958. The van der Waals surface area contributed by atoms with E-state index in [0.29, 0.717) is 25.1 Å². The molecule has 0 amide bonds. The highest BCUT2D eigenvalue weighted by atomic mass is 32.1. The van der Waals surface area contributed by atoms with Gasteiger partial charge in [0.25, 0.3) is 0 Å². The summed E-state index contributed by atoms with van der Waals surface area (Å²) < 4.78 is 53.6. The smallest absolute Gasteiger partial charge is 0.363 e. The van der Waals surface area contributed by atoms with Gasteiger partial charge in [0.1, 0.15) is 6.33 Å². The van der Waals surface area contributed by atoms with E-state index in [9.17, 15) is 13.2 Å². The fraction of sp³-hybridized carbons (Fsp3) is 0.300. The lowest BCUT2D eigenvalue weighted by molar-refractivity contribution is -0.137. The van der Waals surface area contributed by atoms with Crippen LogP contribution in [0.1, 0.15) is 35.6 Å². The van der Waals surface area contributed by atoms with Crippen molar-refractivity contribution in [3.05, 3.63) is 69.9 Å². The molecule has 0 radical (unpaired) electrons. The average molecular weight is 422 g/mol. The van der Waals surface area contributed by atoms with Crippen LogP contribution in [0.15, 0.2) is 47.4 Å². The fourth-order valence-corrected chi connectivity index (χ4v) is 4.19. The molecule has 0 unspecified atom stereocenters. The van der Waals surface area contributed by atoms with Gasteiger partial charge in [0.05, 0.1) is 11.6 Å². The third kappa shape index (κ3) is 4.19. The topological polar surface area (TPSA) is 41.1 Å². The molecule has 4 rings (SSSR count). The summed E-state index contributed by atoms with van der Waals surface area (Å²) in [4.78, 5) is 9.92. The van der Waals surface area contributed by atoms with Gasteiger partial charge in [0.2, 0.25) is 5.82 Å². The zero-order chi connectivity index (χ0) is 20.4. The number of hydrogen-bond acceptors (Lipinski definition) is 5. The van der Waals surface area contributed by atoms with Crippen molar-refractivity contribution >= 4 is 23.0 Å². The van der Waals surface area contributed by atoms with E-state index in [0.717, 1.165) is 24.1 Å². The Morgan fingerprint density at radius 1 is 1.14 bits per heavy atom. The van der Waals surface area contributed by atoms with E-state index in [1.54, 1.807) is 16.2 Å². The van der Waals surface area contributed by atoms with Crippen LogP contribution in [0.2, 0.25) is 0 Å². The molecule has 29 heavy (non-hydrogen) atoms. The third-order valence-electron chi connectivity index (χ3n) is 4.96. The standard InChI is InChI=1S/C20H18F4N4S/c21-17-18(25-10-13-7-9-29-11-13)26-12-27-19(17)28-8-1-2-16(28)14-3-5-15(6-4-14)20(22,23)24/h3-7,9,11-12,16H,1-2,8,10H2,(H,25,26,27)/t16-/m1/s1. The Morgan fingerprint density at radius 3 is 2.62 bits per heavy atom. The Hall–Kier alpha value is -2.68. The summed E-state index contributed by atoms with van der Waals surface area (Å²) in [6.45, 7) is 1.02. The first-order chi connectivity index (χ1) is 13.9. The molecule has 1 atom stereocenters. The third-order valence-corrected chi connectivity index (χ3v) is 5.69. The lowest BCUT2D eigenvalue weighted by Crippen LogP contribution is -2.25. The second-order valence-electron chi connectivity index (χ2n) is 6.82. The Labute approximate surface area is 169 Å². The highest BCUT2D eigenvalue weighted by Gasteiger charge is 2.33. The normalized spacial score (nSPS) is 17.0. The highest BCUT2D eigenvalue weighted by molar-refractivity contribution is 7.07. The first-order valence-electron chi connectivity index (χ1n) is 9.13. The minimum atomic E-state index is -4.38. The van der Waals surface area contributed by atoms with Crippen molar-refractivity contribution in [2.45, 2.75) is 31.6 Å². The van der Waals surface area contributed by atoms with Crippen LogP contribution >= 0.6 is 11.3 Å². The fourth-order valence-electron chi connectivity index (χ4n) is 3.52. The number of aromatic nitrogens is 2. The van der Waals surface area contributed by atoms with Crippen molar-refractivity contribution in [1.29, 1.82) is 0 Å². The van der Waals surface area contributed by atoms with E-state index in [2.05, 4.69) is 15.3 Å². The molecule has 1 aliphatic heterocycles. The van der Waals surface area contributed by atoms with Crippen molar-refractivity contribution < 1.29 is 17.6 Å². The van der Waals surface area contributed by atoms with Gasteiger partial charge in [-0.15, -0.1) is 0 Å². The molecule has 152 valence electrons. The molecular formula is C20H18F4N4S. The number of rotatable bonds is 5. The Kier molecular flexibility index (Phi) is 5.40. The molecule has 9 heteroatoms. The molecule has 1 saturated heterocycles. The minimum Gasteiger partial charge on any atom is -0.363 e. The first kappa shape index (κ1) is 19.6. The average Bonchev–Trinajstić information content (AvgIpc) is 3.39. The monoisotopic (exact) mass is 422 g/mol. The molecule has 2 aromatic heterocycles. The molecule has 1 aromatic carbocycles. The van der Waals surface area contributed by atoms with Crippen molar-refractivity contribution in [2.24, 2.45) is 0 Å². The second-order valence-corrected chi connectivity index (χ2v) is 7.60. The molecule has 1 N–H and O–H groups in total. The van der Waals surface area contributed by atoms with Gasteiger partial charge in [0, 0.05) is 13.1 Å². The van der Waals surface area contributed by atoms with Crippen LogP contribution in [-0.4, -0.2) is 16.5 Å². The number of nitrogens with one attached hydrogen (secondary N) is 1. The van der Waals surface area contributed by atoms with Crippen LogP contribution in [0, 0.1) is 5.82 Å². The summed E-state index contributed by atoms with van der Waals surface area (Å²) in [5.74, 6) is -0.281. The van der Waals surface area contributed by atoms with Crippen molar-refractivity contribution in [3.63, 3.8) is 0 Å². The van der Waals surface area contributed by atoms with E-state index in [1.165, 1.54) is 18.5 Å². The molecule has 3 aromatic rings. The molecule has 0 spiro atoms. The zero-order valence-electron chi connectivity index (χ0n) is 15.3. The summed E-state index contributed by atoms with van der Waals surface area (Å²) in [5.41, 5.74) is 1.04. The molecule has 0 aliphatic carbocycles. The number of benzene rings is 1. The van der Waals surface area contributed by atoms with Gasteiger partial charge < -0.3 is 10.2 Å². The van der Waals surface area contributed by atoms with Gasteiger partial charge in [-0.3, -0.25) is 0 Å². The number of alkyl halides is 3. The van der Waals surface area contributed by atoms with E-state index < -0.39 is 17.6 Å². The van der Waals surface area contributed by atoms with Gasteiger partial charge in [0.15, 0.2) is 11.6 Å². The highest BCUT2D eigenvalue weighted by Crippen LogP contribution is 2.38. The molecule has 1 aliphatic rings. The minimum absolute atomic E-state index is 0.110.